The Morgan fingerprint density at radius 1 is 1.00 bits per heavy atom. The molecule has 2 fully saturated rings. The van der Waals surface area contributed by atoms with E-state index in [9.17, 15) is 13.2 Å². The molecule has 1 spiro atoms. The Labute approximate surface area is 136 Å². The smallest absolute Gasteiger partial charge is 0.356 e. The van der Waals surface area contributed by atoms with Crippen molar-refractivity contribution in [3.63, 3.8) is 0 Å². The zero-order valence-corrected chi connectivity index (χ0v) is 12.8. The molecule has 5 nitrogen and oxygen atoms in total. The maximum Gasteiger partial charge on any atom is 0.451 e. The molecule has 0 amide bonds. The average Bonchev–Trinajstić information content (AvgIpc) is 3.02. The van der Waals surface area contributed by atoms with Gasteiger partial charge in [0.15, 0.2) is 5.79 Å². The molecule has 1 aromatic heterocycles. The summed E-state index contributed by atoms with van der Waals surface area (Å²) >= 11 is 0. The number of hydrogen-bond acceptors (Lipinski definition) is 5. The summed E-state index contributed by atoms with van der Waals surface area (Å²) < 4.78 is 50.7. The number of anilines is 1. The third-order valence-electron chi connectivity index (χ3n) is 4.47. The van der Waals surface area contributed by atoms with Gasteiger partial charge in [-0.05, 0) is 12.1 Å². The SMILES string of the molecule is FC(F)(F)c1nc(N2CCC3(CC2)OCCO3)c2ccccc2n1. The molecule has 2 aromatic rings. The van der Waals surface area contributed by atoms with Crippen LogP contribution in [0.5, 0.6) is 0 Å². The van der Waals surface area contributed by atoms with Crippen LogP contribution in [0.4, 0.5) is 19.0 Å². The van der Waals surface area contributed by atoms with Gasteiger partial charge in [-0.3, -0.25) is 0 Å². The first-order valence-electron chi connectivity index (χ1n) is 7.84. The summed E-state index contributed by atoms with van der Waals surface area (Å²) in [5.74, 6) is -1.36. The van der Waals surface area contributed by atoms with Gasteiger partial charge in [0, 0.05) is 31.3 Å². The van der Waals surface area contributed by atoms with E-state index in [1.54, 1.807) is 24.3 Å². The van der Waals surface area contributed by atoms with Crippen molar-refractivity contribution in [3.05, 3.63) is 30.1 Å². The van der Waals surface area contributed by atoms with Gasteiger partial charge in [-0.1, -0.05) is 12.1 Å². The van der Waals surface area contributed by atoms with Gasteiger partial charge in [-0.25, -0.2) is 9.97 Å². The topological polar surface area (TPSA) is 47.5 Å². The molecule has 0 aliphatic carbocycles. The summed E-state index contributed by atoms with van der Waals surface area (Å²) in [6.45, 7) is 2.18. The fourth-order valence-corrected chi connectivity index (χ4v) is 3.27. The Hall–Kier alpha value is -1.93. The van der Waals surface area contributed by atoms with Gasteiger partial charge in [0.2, 0.25) is 5.82 Å². The highest BCUT2D eigenvalue weighted by atomic mass is 19.4. The third-order valence-corrected chi connectivity index (χ3v) is 4.47. The molecule has 8 heteroatoms. The highest BCUT2D eigenvalue weighted by molar-refractivity contribution is 5.89. The van der Waals surface area contributed by atoms with Crippen molar-refractivity contribution >= 4 is 16.7 Å². The van der Waals surface area contributed by atoms with E-state index in [1.807, 2.05) is 4.90 Å². The lowest BCUT2D eigenvalue weighted by atomic mass is 10.0. The molecule has 1 aromatic carbocycles. The van der Waals surface area contributed by atoms with Crippen LogP contribution in [0.25, 0.3) is 10.9 Å². The maximum atomic E-state index is 13.1. The normalized spacial score (nSPS) is 20.9. The van der Waals surface area contributed by atoms with E-state index in [0.29, 0.717) is 55.9 Å². The molecule has 0 saturated carbocycles. The van der Waals surface area contributed by atoms with Gasteiger partial charge < -0.3 is 14.4 Å². The van der Waals surface area contributed by atoms with Crippen molar-refractivity contribution in [2.24, 2.45) is 0 Å². The lowest BCUT2D eigenvalue weighted by molar-refractivity contribution is -0.169. The van der Waals surface area contributed by atoms with Crippen molar-refractivity contribution in [1.82, 2.24) is 9.97 Å². The van der Waals surface area contributed by atoms with E-state index in [-0.39, 0.29) is 0 Å². The third kappa shape index (κ3) is 2.69. The summed E-state index contributed by atoms with van der Waals surface area (Å²) in [4.78, 5) is 9.34. The zero-order valence-electron chi connectivity index (χ0n) is 12.8. The summed E-state index contributed by atoms with van der Waals surface area (Å²) in [5, 5.41) is 0.620. The highest BCUT2D eigenvalue weighted by Crippen LogP contribution is 2.36. The van der Waals surface area contributed by atoms with Gasteiger partial charge in [0.05, 0.1) is 18.7 Å². The van der Waals surface area contributed by atoms with E-state index in [1.165, 1.54) is 0 Å². The van der Waals surface area contributed by atoms with Crippen LogP contribution >= 0.6 is 0 Å². The van der Waals surface area contributed by atoms with Gasteiger partial charge >= 0.3 is 6.18 Å². The van der Waals surface area contributed by atoms with E-state index in [0.717, 1.165) is 0 Å². The van der Waals surface area contributed by atoms with Crippen LogP contribution in [0.2, 0.25) is 0 Å². The fraction of sp³-hybridized carbons (Fsp3) is 0.500. The van der Waals surface area contributed by atoms with Crippen molar-refractivity contribution in [2.75, 3.05) is 31.2 Å². The number of hydrogen-bond donors (Lipinski definition) is 0. The van der Waals surface area contributed by atoms with Crippen molar-refractivity contribution in [2.45, 2.75) is 24.8 Å². The Bertz CT molecular complexity index is 750. The summed E-state index contributed by atoms with van der Waals surface area (Å²) in [7, 11) is 0. The number of aromatic nitrogens is 2. The van der Waals surface area contributed by atoms with Crippen LogP contribution in [0.3, 0.4) is 0 Å². The molecule has 0 atom stereocenters. The quantitative estimate of drug-likeness (QED) is 0.799. The first kappa shape index (κ1) is 15.6. The number of rotatable bonds is 1. The molecule has 0 N–H and O–H groups in total. The number of halogens is 3. The predicted octanol–water partition coefficient (Wildman–Crippen LogP) is 2.99. The Morgan fingerprint density at radius 3 is 2.33 bits per heavy atom. The molecule has 0 bridgehead atoms. The first-order valence-corrected chi connectivity index (χ1v) is 7.84. The Kier molecular flexibility index (Phi) is 3.61. The summed E-state index contributed by atoms with van der Waals surface area (Å²) in [6, 6.07) is 6.77. The molecule has 2 aliphatic heterocycles. The number of fused-ring (bicyclic) bond motifs is 1. The lowest BCUT2D eigenvalue weighted by Gasteiger charge is -2.38. The molecule has 0 radical (unpaired) electrons. The number of piperidine rings is 1. The molecular formula is C16H16F3N3O2. The Balaban J connectivity index is 1.70. The van der Waals surface area contributed by atoms with Crippen LogP contribution in [0.1, 0.15) is 18.7 Å². The maximum absolute atomic E-state index is 13.1. The molecule has 4 rings (SSSR count). The predicted molar refractivity (Wildman–Crippen MR) is 80.6 cm³/mol. The standard InChI is InChI=1S/C16H16F3N3O2/c17-16(18,19)14-20-12-4-2-1-3-11(12)13(21-14)22-7-5-15(6-8-22)23-9-10-24-15/h1-4H,5-10H2. The van der Waals surface area contributed by atoms with Crippen LogP contribution in [-0.2, 0) is 15.7 Å². The van der Waals surface area contributed by atoms with E-state index >= 15 is 0 Å². The minimum absolute atomic E-state index is 0.295. The van der Waals surface area contributed by atoms with Crippen LogP contribution in [-0.4, -0.2) is 42.1 Å². The number of ether oxygens (including phenoxy) is 2. The largest absolute Gasteiger partial charge is 0.451 e. The van der Waals surface area contributed by atoms with Crippen molar-refractivity contribution in [1.29, 1.82) is 0 Å². The van der Waals surface area contributed by atoms with Crippen LogP contribution in [0.15, 0.2) is 24.3 Å². The minimum atomic E-state index is -4.58. The van der Waals surface area contributed by atoms with Gasteiger partial charge in [0.25, 0.3) is 0 Å². The van der Waals surface area contributed by atoms with Crippen molar-refractivity contribution in [3.8, 4) is 0 Å². The molecular weight excluding hydrogens is 323 g/mol. The van der Waals surface area contributed by atoms with E-state index in [2.05, 4.69) is 9.97 Å². The number of nitrogens with zero attached hydrogens (tertiary/aromatic N) is 3. The monoisotopic (exact) mass is 339 g/mol. The zero-order chi connectivity index (χ0) is 16.8. The average molecular weight is 339 g/mol. The number of para-hydroxylation sites is 1. The second-order valence-corrected chi connectivity index (χ2v) is 5.98. The summed E-state index contributed by atoms with van der Waals surface area (Å²) in [5.41, 5.74) is 0.295. The Morgan fingerprint density at radius 2 is 1.67 bits per heavy atom. The highest BCUT2D eigenvalue weighted by Gasteiger charge is 2.41. The molecule has 2 saturated heterocycles. The van der Waals surface area contributed by atoms with Gasteiger partial charge in [-0.2, -0.15) is 13.2 Å². The van der Waals surface area contributed by atoms with E-state index in [4.69, 9.17) is 9.47 Å². The molecule has 3 heterocycles. The minimum Gasteiger partial charge on any atom is -0.356 e. The van der Waals surface area contributed by atoms with Crippen LogP contribution in [0, 0.1) is 0 Å². The summed E-state index contributed by atoms with van der Waals surface area (Å²) in [6.07, 6.45) is -3.37. The van der Waals surface area contributed by atoms with Crippen molar-refractivity contribution < 1.29 is 22.6 Å². The number of benzene rings is 1. The molecule has 0 unspecified atom stereocenters. The lowest BCUT2D eigenvalue weighted by Crippen LogP contribution is -2.45. The van der Waals surface area contributed by atoms with Crippen LogP contribution < -0.4 is 4.90 Å². The second-order valence-electron chi connectivity index (χ2n) is 5.98. The second kappa shape index (κ2) is 5.56. The van der Waals surface area contributed by atoms with E-state index < -0.39 is 17.8 Å². The van der Waals surface area contributed by atoms with Gasteiger partial charge in [0.1, 0.15) is 5.82 Å². The first-order chi connectivity index (χ1) is 11.5. The van der Waals surface area contributed by atoms with Gasteiger partial charge in [-0.15, -0.1) is 0 Å². The molecule has 128 valence electrons. The fourth-order valence-electron chi connectivity index (χ4n) is 3.27. The molecule has 24 heavy (non-hydrogen) atoms. The number of alkyl halides is 3. The molecule has 2 aliphatic rings.